The summed E-state index contributed by atoms with van der Waals surface area (Å²) in [5.41, 5.74) is 7.40. The molecular weight excluding hydrogens is 537 g/mol. The van der Waals surface area contributed by atoms with Crippen LogP contribution < -0.4 is 15.8 Å². The first-order valence-corrected chi connectivity index (χ1v) is 12.7. The average molecular weight is 563 g/mol. The molecule has 3 atom stereocenters. The number of nitrogens with two attached hydrogens (primary N) is 1. The number of anilines is 1. The number of rotatable bonds is 6. The Labute approximate surface area is 226 Å². The highest BCUT2D eigenvalue weighted by molar-refractivity contribution is 6.30. The lowest BCUT2D eigenvalue weighted by atomic mass is 9.73. The van der Waals surface area contributed by atoms with Crippen LogP contribution in [-0.4, -0.2) is 49.6 Å². The summed E-state index contributed by atoms with van der Waals surface area (Å²) in [6.45, 7) is 2.31. The summed E-state index contributed by atoms with van der Waals surface area (Å²) in [7, 11) is 0. The van der Waals surface area contributed by atoms with Crippen molar-refractivity contribution in [3.63, 3.8) is 0 Å². The summed E-state index contributed by atoms with van der Waals surface area (Å²) in [5.74, 6) is -1.43. The first kappa shape index (κ1) is 26.9. The second-order valence-electron chi connectivity index (χ2n) is 10.0. The molecule has 1 spiro atoms. The molecule has 0 saturated carbocycles. The number of nitrogen functional groups attached to an aromatic ring is 1. The molecule has 0 bridgehead atoms. The number of aliphatic carboxylic acids is 1. The van der Waals surface area contributed by atoms with Gasteiger partial charge in [-0.1, -0.05) is 23.7 Å². The van der Waals surface area contributed by atoms with Crippen molar-refractivity contribution < 1.29 is 27.8 Å². The van der Waals surface area contributed by atoms with E-state index in [2.05, 4.69) is 20.4 Å². The molecule has 39 heavy (non-hydrogen) atoms. The SMILES string of the molecule is Cc1ccn(-c2cc(Cl)ccc2[C@@H](Oc2cc(C3=CCC4(CC3)CNC(C(=O)O)C4)nc(N)n2)C(F)(F)F)n1. The first-order chi connectivity index (χ1) is 18.4. The standard InChI is InChI=1S/C26H26ClF3N6O3/c1-14-6-9-36(35-14)20-10-16(27)2-3-17(20)22(26(28,29)30)39-21-11-18(33-24(31)34-21)15-4-7-25(8-5-15)12-19(23(37)38)32-13-25/h2-4,6,9-11,19,22,32H,5,7-8,12-13H2,1H3,(H,37,38)(H2,31,33,34)/t19?,22-,25?/m1/s1. The predicted octanol–water partition coefficient (Wildman–Crippen LogP) is 4.89. The van der Waals surface area contributed by atoms with E-state index in [4.69, 9.17) is 22.1 Å². The monoisotopic (exact) mass is 562 g/mol. The predicted molar refractivity (Wildman–Crippen MR) is 137 cm³/mol. The molecule has 1 aliphatic heterocycles. The Hall–Kier alpha value is -3.64. The molecular formula is C26H26ClF3N6O3. The molecule has 2 unspecified atom stereocenters. The number of ether oxygens (including phenoxy) is 1. The number of benzene rings is 1. The number of carbonyl (C=O) groups is 1. The lowest BCUT2D eigenvalue weighted by Crippen LogP contribution is -2.30. The van der Waals surface area contributed by atoms with Crippen LogP contribution in [0.15, 0.2) is 42.6 Å². The number of hydrogen-bond donors (Lipinski definition) is 3. The highest BCUT2D eigenvalue weighted by Crippen LogP contribution is 2.45. The van der Waals surface area contributed by atoms with E-state index in [9.17, 15) is 23.1 Å². The molecule has 1 fully saturated rings. The summed E-state index contributed by atoms with van der Waals surface area (Å²) in [6.07, 6.45) is -1.32. The first-order valence-electron chi connectivity index (χ1n) is 12.3. The van der Waals surface area contributed by atoms with Crippen LogP contribution in [0.3, 0.4) is 0 Å². The van der Waals surface area contributed by atoms with Crippen LogP contribution in [0.4, 0.5) is 19.1 Å². The third kappa shape index (κ3) is 5.71. The molecule has 3 aromatic rings. The van der Waals surface area contributed by atoms with Crippen LogP contribution in [0.25, 0.3) is 11.3 Å². The lowest BCUT2D eigenvalue weighted by molar-refractivity contribution is -0.198. The van der Waals surface area contributed by atoms with E-state index in [0.717, 1.165) is 5.57 Å². The summed E-state index contributed by atoms with van der Waals surface area (Å²) < 4.78 is 49.9. The van der Waals surface area contributed by atoms with E-state index >= 15 is 0 Å². The molecule has 3 heterocycles. The summed E-state index contributed by atoms with van der Waals surface area (Å²) >= 11 is 6.11. The van der Waals surface area contributed by atoms with Gasteiger partial charge in [0.2, 0.25) is 17.9 Å². The fourth-order valence-corrected chi connectivity index (χ4v) is 5.36. The number of halogens is 4. The molecule has 0 amide bonds. The minimum atomic E-state index is -4.81. The number of hydrogen-bond acceptors (Lipinski definition) is 7. The number of allylic oxidation sites excluding steroid dienone is 2. The molecule has 0 radical (unpaired) electrons. The van der Waals surface area contributed by atoms with E-state index in [-0.39, 0.29) is 33.5 Å². The fourth-order valence-electron chi connectivity index (χ4n) is 5.20. The molecule has 2 aliphatic rings. The molecule has 9 nitrogen and oxygen atoms in total. The van der Waals surface area contributed by atoms with E-state index in [0.29, 0.717) is 43.6 Å². The van der Waals surface area contributed by atoms with Gasteiger partial charge in [-0.25, -0.2) is 9.67 Å². The maximum Gasteiger partial charge on any atom is 0.429 e. The average Bonchev–Trinajstić information content (AvgIpc) is 3.49. The fraction of sp³-hybridized carbons (Fsp3) is 0.385. The van der Waals surface area contributed by atoms with Gasteiger partial charge in [-0.2, -0.15) is 23.3 Å². The van der Waals surface area contributed by atoms with Crippen LogP contribution in [0, 0.1) is 12.3 Å². The second kappa shape index (κ2) is 10.2. The molecule has 1 aliphatic carbocycles. The van der Waals surface area contributed by atoms with Crippen molar-refractivity contribution in [1.29, 1.82) is 0 Å². The summed E-state index contributed by atoms with van der Waals surface area (Å²) in [6, 6.07) is 6.42. The highest BCUT2D eigenvalue weighted by Gasteiger charge is 2.45. The number of nitrogens with one attached hydrogen (secondary N) is 1. The van der Waals surface area contributed by atoms with Crippen molar-refractivity contribution in [2.75, 3.05) is 12.3 Å². The van der Waals surface area contributed by atoms with Gasteiger partial charge in [-0.15, -0.1) is 0 Å². The topological polar surface area (TPSA) is 128 Å². The Morgan fingerprint density at radius 3 is 2.72 bits per heavy atom. The molecule has 1 saturated heterocycles. The summed E-state index contributed by atoms with van der Waals surface area (Å²) in [5, 5.41) is 16.8. The molecule has 2 aromatic heterocycles. The van der Waals surface area contributed by atoms with Gasteiger partial charge in [-0.05, 0) is 61.8 Å². The van der Waals surface area contributed by atoms with Crippen molar-refractivity contribution in [3.05, 3.63) is 64.6 Å². The van der Waals surface area contributed by atoms with Crippen molar-refractivity contribution >= 4 is 29.1 Å². The smallest absolute Gasteiger partial charge is 0.429 e. The third-order valence-electron chi connectivity index (χ3n) is 7.19. The minimum absolute atomic E-state index is 0.116. The van der Waals surface area contributed by atoms with Gasteiger partial charge < -0.3 is 20.9 Å². The lowest BCUT2D eigenvalue weighted by Gasteiger charge is -2.31. The van der Waals surface area contributed by atoms with E-state index in [1.807, 2.05) is 6.08 Å². The highest BCUT2D eigenvalue weighted by atomic mass is 35.5. The zero-order chi connectivity index (χ0) is 27.9. The van der Waals surface area contributed by atoms with Crippen molar-refractivity contribution in [1.82, 2.24) is 25.1 Å². The quantitative estimate of drug-likeness (QED) is 0.387. The van der Waals surface area contributed by atoms with Crippen LogP contribution in [0.2, 0.25) is 5.02 Å². The third-order valence-corrected chi connectivity index (χ3v) is 7.43. The normalized spacial score (nSPS) is 22.1. The van der Waals surface area contributed by atoms with Gasteiger partial charge in [0.05, 0.1) is 17.1 Å². The van der Waals surface area contributed by atoms with Crippen LogP contribution in [0.5, 0.6) is 5.88 Å². The number of carboxylic acids is 1. The van der Waals surface area contributed by atoms with Crippen molar-refractivity contribution in [2.24, 2.45) is 5.41 Å². The van der Waals surface area contributed by atoms with Gasteiger partial charge in [0.15, 0.2) is 0 Å². The number of carboxylic acid groups (broad SMARTS) is 1. The number of alkyl halides is 3. The molecule has 13 heteroatoms. The number of aryl methyl sites for hydroxylation is 1. The Bertz CT molecular complexity index is 1440. The maximum atomic E-state index is 14.4. The van der Waals surface area contributed by atoms with Crippen LogP contribution >= 0.6 is 11.6 Å². The van der Waals surface area contributed by atoms with Crippen LogP contribution in [-0.2, 0) is 4.79 Å². The Balaban J connectivity index is 1.44. The zero-order valence-electron chi connectivity index (χ0n) is 20.9. The molecule has 1 aromatic carbocycles. The van der Waals surface area contributed by atoms with Crippen molar-refractivity contribution in [2.45, 2.75) is 50.9 Å². The zero-order valence-corrected chi connectivity index (χ0v) is 21.6. The Kier molecular flexibility index (Phi) is 7.02. The van der Waals surface area contributed by atoms with E-state index in [1.165, 1.54) is 28.9 Å². The largest absolute Gasteiger partial charge is 0.480 e. The second-order valence-corrected chi connectivity index (χ2v) is 10.4. The van der Waals surface area contributed by atoms with Crippen molar-refractivity contribution in [3.8, 4) is 11.6 Å². The van der Waals surface area contributed by atoms with E-state index in [1.54, 1.807) is 19.2 Å². The minimum Gasteiger partial charge on any atom is -0.480 e. The number of nitrogens with zero attached hydrogens (tertiary/aromatic N) is 4. The summed E-state index contributed by atoms with van der Waals surface area (Å²) in [4.78, 5) is 19.5. The van der Waals surface area contributed by atoms with Gasteiger partial charge in [0, 0.05) is 29.4 Å². The Morgan fingerprint density at radius 2 is 2.10 bits per heavy atom. The van der Waals surface area contributed by atoms with Crippen LogP contribution in [0.1, 0.15) is 48.7 Å². The van der Waals surface area contributed by atoms with Gasteiger partial charge in [-0.3, -0.25) is 4.79 Å². The van der Waals surface area contributed by atoms with E-state index < -0.39 is 24.3 Å². The van der Waals surface area contributed by atoms with Gasteiger partial charge >= 0.3 is 12.1 Å². The van der Waals surface area contributed by atoms with Gasteiger partial charge in [0.25, 0.3) is 0 Å². The van der Waals surface area contributed by atoms with Gasteiger partial charge in [0.1, 0.15) is 6.04 Å². The molecule has 5 rings (SSSR count). The molecule has 206 valence electrons. The molecule has 4 N–H and O–H groups in total. The number of aromatic nitrogens is 4. The Morgan fingerprint density at radius 1 is 1.31 bits per heavy atom. The maximum absolute atomic E-state index is 14.4.